The van der Waals surface area contributed by atoms with Crippen LogP contribution in [0.4, 0.5) is 0 Å². The van der Waals surface area contributed by atoms with E-state index in [9.17, 15) is 13.2 Å². The average Bonchev–Trinajstić information content (AvgIpc) is 2.73. The maximum absolute atomic E-state index is 12.9. The predicted molar refractivity (Wildman–Crippen MR) is 118 cm³/mol. The number of benzene rings is 2. The Morgan fingerprint density at radius 1 is 1.03 bits per heavy atom. The van der Waals surface area contributed by atoms with Crippen LogP contribution in [0.3, 0.4) is 0 Å². The van der Waals surface area contributed by atoms with Crippen molar-refractivity contribution in [1.29, 1.82) is 0 Å². The number of piperidine rings is 1. The topological polar surface area (TPSA) is 66.5 Å². The second kappa shape index (κ2) is 9.78. The third-order valence-corrected chi connectivity index (χ3v) is 7.99. The van der Waals surface area contributed by atoms with Crippen LogP contribution in [-0.2, 0) is 10.0 Å². The number of hydrogen-bond donors (Lipinski definition) is 1. The lowest BCUT2D eigenvalue weighted by atomic mass is 10.1. The van der Waals surface area contributed by atoms with Gasteiger partial charge in [-0.15, -0.1) is 11.8 Å². The minimum absolute atomic E-state index is 0.198. The van der Waals surface area contributed by atoms with Gasteiger partial charge >= 0.3 is 0 Å². The van der Waals surface area contributed by atoms with E-state index in [4.69, 9.17) is 0 Å². The van der Waals surface area contributed by atoms with Gasteiger partial charge in [0.2, 0.25) is 10.0 Å². The van der Waals surface area contributed by atoms with Gasteiger partial charge < -0.3 is 5.32 Å². The van der Waals surface area contributed by atoms with Gasteiger partial charge in [0.25, 0.3) is 5.91 Å². The molecule has 0 aromatic heterocycles. The van der Waals surface area contributed by atoms with E-state index in [-0.39, 0.29) is 10.8 Å². The first kappa shape index (κ1) is 21.9. The predicted octanol–water partition coefficient (Wildman–Crippen LogP) is 4.00. The zero-order valence-corrected chi connectivity index (χ0v) is 18.6. The smallest absolute Gasteiger partial charge is 0.251 e. The third-order valence-electron chi connectivity index (χ3n) is 5.08. The molecule has 0 radical (unpaired) electrons. The lowest BCUT2D eigenvalue weighted by Gasteiger charge is -2.26. The molecule has 1 aliphatic rings. The molecule has 2 aromatic carbocycles. The number of aryl methyl sites for hydroxylation is 2. The van der Waals surface area contributed by atoms with Gasteiger partial charge in [-0.3, -0.25) is 4.79 Å². The highest BCUT2D eigenvalue weighted by Crippen LogP contribution is 2.23. The van der Waals surface area contributed by atoms with Crippen molar-refractivity contribution in [2.24, 2.45) is 0 Å². The summed E-state index contributed by atoms with van der Waals surface area (Å²) in [4.78, 5) is 14.0. The summed E-state index contributed by atoms with van der Waals surface area (Å²) < 4.78 is 27.3. The summed E-state index contributed by atoms with van der Waals surface area (Å²) in [5.74, 6) is 0.516. The lowest BCUT2D eigenvalue weighted by molar-refractivity contribution is 0.0955. The van der Waals surface area contributed by atoms with E-state index in [0.29, 0.717) is 25.2 Å². The Kier molecular flexibility index (Phi) is 7.38. The summed E-state index contributed by atoms with van der Waals surface area (Å²) in [6.45, 7) is 5.49. The summed E-state index contributed by atoms with van der Waals surface area (Å²) in [6, 6.07) is 13.1. The molecule has 0 saturated carbocycles. The Hall–Kier alpha value is -1.83. The minimum Gasteiger partial charge on any atom is -0.351 e. The van der Waals surface area contributed by atoms with Crippen molar-refractivity contribution < 1.29 is 13.2 Å². The van der Waals surface area contributed by atoms with E-state index in [0.717, 1.165) is 35.5 Å². The molecule has 1 amide bonds. The first-order chi connectivity index (χ1) is 13.9. The Bertz CT molecular complexity index is 951. The highest BCUT2D eigenvalue weighted by atomic mass is 32.2. The van der Waals surface area contributed by atoms with E-state index in [2.05, 4.69) is 36.5 Å². The van der Waals surface area contributed by atoms with Gasteiger partial charge in [-0.25, -0.2) is 8.42 Å². The Morgan fingerprint density at radius 3 is 2.41 bits per heavy atom. The van der Waals surface area contributed by atoms with Gasteiger partial charge in [0.1, 0.15) is 0 Å². The fraction of sp³-hybridized carbons (Fsp3) is 0.409. The van der Waals surface area contributed by atoms with Crippen molar-refractivity contribution in [3.8, 4) is 0 Å². The summed E-state index contributed by atoms with van der Waals surface area (Å²) >= 11 is 1.68. The molecule has 1 aliphatic heterocycles. The Labute approximate surface area is 177 Å². The van der Waals surface area contributed by atoms with Gasteiger partial charge in [0.15, 0.2) is 0 Å². The van der Waals surface area contributed by atoms with Crippen LogP contribution in [0.25, 0.3) is 0 Å². The first-order valence-corrected chi connectivity index (χ1v) is 12.4. The molecule has 0 bridgehead atoms. The molecule has 156 valence electrons. The summed E-state index contributed by atoms with van der Waals surface area (Å²) in [6.07, 6.45) is 2.84. The molecule has 0 atom stereocenters. The van der Waals surface area contributed by atoms with Crippen LogP contribution in [0.15, 0.2) is 52.3 Å². The molecule has 1 heterocycles. The fourth-order valence-electron chi connectivity index (χ4n) is 3.32. The number of sulfonamides is 1. The molecule has 1 saturated heterocycles. The first-order valence-electron chi connectivity index (χ1n) is 9.96. The zero-order chi connectivity index (χ0) is 20.9. The quantitative estimate of drug-likeness (QED) is 0.530. The highest BCUT2D eigenvalue weighted by Gasteiger charge is 2.27. The fourth-order valence-corrected chi connectivity index (χ4v) is 5.64. The standard InChI is InChI=1S/C22H28N2O3S2/c1-17-6-9-19(10-7-17)28-15-12-23-22(25)21-16-20(11-8-18(21)2)29(26,27)24-13-4-3-5-14-24/h6-11,16H,3-5,12-15H2,1-2H3,(H,23,25). The molecule has 0 unspecified atom stereocenters. The van der Waals surface area contributed by atoms with Crippen LogP contribution >= 0.6 is 11.8 Å². The van der Waals surface area contributed by atoms with Crippen LogP contribution in [0, 0.1) is 13.8 Å². The minimum atomic E-state index is -3.55. The molecule has 0 spiro atoms. The van der Waals surface area contributed by atoms with E-state index in [1.165, 1.54) is 15.9 Å². The van der Waals surface area contributed by atoms with Gasteiger partial charge in [-0.2, -0.15) is 4.31 Å². The van der Waals surface area contributed by atoms with Gasteiger partial charge in [-0.1, -0.05) is 30.2 Å². The number of hydrogen-bond acceptors (Lipinski definition) is 4. The Morgan fingerprint density at radius 2 is 1.72 bits per heavy atom. The second-order valence-corrected chi connectivity index (χ2v) is 10.5. The van der Waals surface area contributed by atoms with Crippen molar-refractivity contribution in [3.63, 3.8) is 0 Å². The molecule has 5 nitrogen and oxygen atoms in total. The van der Waals surface area contributed by atoms with Crippen molar-refractivity contribution in [2.75, 3.05) is 25.4 Å². The number of nitrogens with zero attached hydrogens (tertiary/aromatic N) is 1. The number of amides is 1. The van der Waals surface area contributed by atoms with Crippen LogP contribution < -0.4 is 5.32 Å². The number of carbonyl (C=O) groups excluding carboxylic acids is 1. The molecule has 1 fully saturated rings. The summed E-state index contributed by atoms with van der Waals surface area (Å²) in [5.41, 5.74) is 2.41. The molecule has 2 aromatic rings. The van der Waals surface area contributed by atoms with Crippen molar-refractivity contribution >= 4 is 27.7 Å². The van der Waals surface area contributed by atoms with Gasteiger partial charge in [-0.05, 0) is 56.5 Å². The molecular formula is C22H28N2O3S2. The average molecular weight is 433 g/mol. The second-order valence-electron chi connectivity index (χ2n) is 7.36. The summed E-state index contributed by atoms with van der Waals surface area (Å²) in [7, 11) is -3.55. The highest BCUT2D eigenvalue weighted by molar-refractivity contribution is 7.99. The molecular weight excluding hydrogens is 404 g/mol. The van der Waals surface area contributed by atoms with Gasteiger partial charge in [0.05, 0.1) is 4.90 Å². The molecule has 1 N–H and O–H groups in total. The third kappa shape index (κ3) is 5.62. The lowest BCUT2D eigenvalue weighted by Crippen LogP contribution is -2.35. The maximum Gasteiger partial charge on any atom is 0.251 e. The van der Waals surface area contributed by atoms with E-state index >= 15 is 0 Å². The largest absolute Gasteiger partial charge is 0.351 e. The van der Waals surface area contributed by atoms with Crippen LogP contribution in [0.5, 0.6) is 0 Å². The van der Waals surface area contributed by atoms with Crippen molar-refractivity contribution in [3.05, 3.63) is 59.2 Å². The van der Waals surface area contributed by atoms with Crippen molar-refractivity contribution in [1.82, 2.24) is 9.62 Å². The monoisotopic (exact) mass is 432 g/mol. The van der Waals surface area contributed by atoms with E-state index < -0.39 is 10.0 Å². The number of nitrogens with one attached hydrogen (secondary N) is 1. The van der Waals surface area contributed by atoms with E-state index in [1.54, 1.807) is 23.9 Å². The zero-order valence-electron chi connectivity index (χ0n) is 17.0. The normalized spacial score (nSPS) is 15.2. The number of carbonyl (C=O) groups is 1. The molecule has 29 heavy (non-hydrogen) atoms. The maximum atomic E-state index is 12.9. The van der Waals surface area contributed by atoms with Crippen LogP contribution in [-0.4, -0.2) is 44.0 Å². The molecule has 7 heteroatoms. The summed E-state index contributed by atoms with van der Waals surface area (Å²) in [5, 5.41) is 2.91. The molecule has 0 aliphatic carbocycles. The SMILES string of the molecule is Cc1ccc(SCCNC(=O)c2cc(S(=O)(=O)N3CCCCC3)ccc2C)cc1. The van der Waals surface area contributed by atoms with Gasteiger partial charge in [0, 0.05) is 35.8 Å². The number of thioether (sulfide) groups is 1. The molecule has 3 rings (SSSR count). The Balaban J connectivity index is 1.62. The van der Waals surface area contributed by atoms with Crippen molar-refractivity contribution in [2.45, 2.75) is 42.9 Å². The van der Waals surface area contributed by atoms with Crippen LogP contribution in [0.2, 0.25) is 0 Å². The number of rotatable bonds is 7. The van der Waals surface area contributed by atoms with E-state index in [1.807, 2.05) is 6.92 Å². The van der Waals surface area contributed by atoms with Crippen LogP contribution in [0.1, 0.15) is 40.7 Å².